The Morgan fingerprint density at radius 1 is 1.10 bits per heavy atom. The maximum atomic E-state index is 5.79. The standard InChI is InChI=1S/C24H32N6O/c1-4-25-24(27-14-7-15-30-20(3)16-19(2)29-30)28-17-21-9-11-23(12-10-21)31-18-22-8-5-6-13-26-22/h5-6,8-13,16H,4,7,14-15,17-18H2,1-3H3,(H2,25,27,28). The second-order valence-corrected chi connectivity index (χ2v) is 7.38. The van der Waals surface area contributed by atoms with Crippen LogP contribution in [0, 0.1) is 13.8 Å². The first kappa shape index (κ1) is 22.3. The normalized spacial score (nSPS) is 11.4. The van der Waals surface area contributed by atoms with Crippen LogP contribution in [-0.2, 0) is 19.7 Å². The number of ether oxygens (including phenoxy) is 1. The van der Waals surface area contributed by atoms with Gasteiger partial charge in [-0.05, 0) is 63.1 Å². The number of hydrogen-bond acceptors (Lipinski definition) is 4. The van der Waals surface area contributed by atoms with E-state index in [0.29, 0.717) is 13.2 Å². The van der Waals surface area contributed by atoms with Gasteiger partial charge < -0.3 is 15.4 Å². The van der Waals surface area contributed by atoms with E-state index in [0.717, 1.165) is 54.7 Å². The number of hydrogen-bond donors (Lipinski definition) is 2. The minimum absolute atomic E-state index is 0.463. The van der Waals surface area contributed by atoms with Gasteiger partial charge in [-0.25, -0.2) is 4.99 Å². The molecule has 1 aromatic carbocycles. The number of guanidine groups is 1. The fourth-order valence-corrected chi connectivity index (χ4v) is 3.18. The van der Waals surface area contributed by atoms with E-state index in [9.17, 15) is 0 Å². The summed E-state index contributed by atoms with van der Waals surface area (Å²) < 4.78 is 7.85. The summed E-state index contributed by atoms with van der Waals surface area (Å²) in [7, 11) is 0. The zero-order valence-electron chi connectivity index (χ0n) is 18.6. The number of aliphatic imine (C=N–C) groups is 1. The second-order valence-electron chi connectivity index (χ2n) is 7.38. The van der Waals surface area contributed by atoms with E-state index in [-0.39, 0.29) is 0 Å². The van der Waals surface area contributed by atoms with Crippen molar-refractivity contribution >= 4 is 5.96 Å². The minimum atomic E-state index is 0.463. The molecule has 0 saturated heterocycles. The quantitative estimate of drug-likeness (QED) is 0.298. The summed E-state index contributed by atoms with van der Waals surface area (Å²) >= 11 is 0. The van der Waals surface area contributed by atoms with Crippen LogP contribution in [-0.4, -0.2) is 33.8 Å². The molecule has 0 aliphatic carbocycles. The number of rotatable bonds is 10. The van der Waals surface area contributed by atoms with Crippen molar-refractivity contribution in [2.45, 2.75) is 46.9 Å². The van der Waals surface area contributed by atoms with Gasteiger partial charge in [0.25, 0.3) is 0 Å². The van der Waals surface area contributed by atoms with Gasteiger partial charge in [0, 0.05) is 31.5 Å². The lowest BCUT2D eigenvalue weighted by molar-refractivity contribution is 0.301. The molecule has 0 bridgehead atoms. The molecular weight excluding hydrogens is 388 g/mol. The van der Waals surface area contributed by atoms with Crippen molar-refractivity contribution in [2.75, 3.05) is 13.1 Å². The molecule has 0 amide bonds. The Morgan fingerprint density at radius 3 is 2.61 bits per heavy atom. The summed E-state index contributed by atoms with van der Waals surface area (Å²) in [5, 5.41) is 11.2. The van der Waals surface area contributed by atoms with Crippen molar-refractivity contribution in [3.8, 4) is 5.75 Å². The molecule has 7 nitrogen and oxygen atoms in total. The highest BCUT2D eigenvalue weighted by atomic mass is 16.5. The van der Waals surface area contributed by atoms with Gasteiger partial charge in [0.05, 0.1) is 17.9 Å². The van der Waals surface area contributed by atoms with E-state index in [2.05, 4.69) is 45.3 Å². The van der Waals surface area contributed by atoms with E-state index in [1.807, 2.05) is 49.4 Å². The molecule has 2 N–H and O–H groups in total. The highest BCUT2D eigenvalue weighted by Crippen LogP contribution is 2.14. The first-order valence-corrected chi connectivity index (χ1v) is 10.8. The molecule has 0 aliphatic rings. The van der Waals surface area contributed by atoms with Gasteiger partial charge in [0.1, 0.15) is 12.4 Å². The average Bonchev–Trinajstić information content (AvgIpc) is 3.11. The topological polar surface area (TPSA) is 76.4 Å². The number of nitrogens with one attached hydrogen (secondary N) is 2. The number of aromatic nitrogens is 3. The summed E-state index contributed by atoms with van der Waals surface area (Å²) in [4.78, 5) is 8.96. The lowest BCUT2D eigenvalue weighted by atomic mass is 10.2. The Hall–Kier alpha value is -3.35. The predicted octanol–water partition coefficient (Wildman–Crippen LogP) is 3.62. The molecule has 7 heteroatoms. The van der Waals surface area contributed by atoms with Crippen LogP contribution in [0.15, 0.2) is 59.7 Å². The molecular formula is C24H32N6O. The monoisotopic (exact) mass is 420 g/mol. The van der Waals surface area contributed by atoms with E-state index in [1.54, 1.807) is 6.20 Å². The highest BCUT2D eigenvalue weighted by molar-refractivity contribution is 5.79. The fourth-order valence-electron chi connectivity index (χ4n) is 3.18. The molecule has 3 aromatic rings. The van der Waals surface area contributed by atoms with Crippen LogP contribution in [0.4, 0.5) is 0 Å². The van der Waals surface area contributed by atoms with Crippen molar-refractivity contribution in [3.63, 3.8) is 0 Å². The Morgan fingerprint density at radius 2 is 1.94 bits per heavy atom. The Balaban J connectivity index is 1.44. The van der Waals surface area contributed by atoms with Gasteiger partial charge in [-0.1, -0.05) is 18.2 Å². The van der Waals surface area contributed by atoms with Crippen LogP contribution < -0.4 is 15.4 Å². The van der Waals surface area contributed by atoms with E-state index < -0.39 is 0 Å². The van der Waals surface area contributed by atoms with Crippen LogP contribution >= 0.6 is 0 Å². The summed E-state index contributed by atoms with van der Waals surface area (Å²) in [5.74, 6) is 1.65. The van der Waals surface area contributed by atoms with Gasteiger partial charge in [-0.15, -0.1) is 0 Å². The van der Waals surface area contributed by atoms with Gasteiger partial charge in [-0.2, -0.15) is 5.10 Å². The van der Waals surface area contributed by atoms with Crippen LogP contribution in [0.2, 0.25) is 0 Å². The zero-order valence-corrected chi connectivity index (χ0v) is 18.6. The van der Waals surface area contributed by atoms with Crippen LogP contribution in [0.25, 0.3) is 0 Å². The number of pyridine rings is 1. The summed E-state index contributed by atoms with van der Waals surface area (Å²) in [6.07, 6.45) is 2.75. The number of benzene rings is 1. The molecule has 0 unspecified atom stereocenters. The number of nitrogens with zero attached hydrogens (tertiary/aromatic N) is 4. The molecule has 2 heterocycles. The van der Waals surface area contributed by atoms with Crippen molar-refractivity contribution < 1.29 is 4.74 Å². The molecule has 0 radical (unpaired) electrons. The summed E-state index contributed by atoms with van der Waals surface area (Å²) in [6.45, 7) is 9.81. The third-order valence-electron chi connectivity index (χ3n) is 4.74. The first-order valence-electron chi connectivity index (χ1n) is 10.8. The van der Waals surface area contributed by atoms with Gasteiger partial charge >= 0.3 is 0 Å². The highest BCUT2D eigenvalue weighted by Gasteiger charge is 2.02. The maximum Gasteiger partial charge on any atom is 0.191 e. The molecule has 0 fully saturated rings. The molecule has 0 spiro atoms. The van der Waals surface area contributed by atoms with Crippen LogP contribution in [0.1, 0.15) is 36.0 Å². The molecule has 164 valence electrons. The minimum Gasteiger partial charge on any atom is -0.487 e. The summed E-state index contributed by atoms with van der Waals surface area (Å²) in [6, 6.07) is 16.0. The zero-order chi connectivity index (χ0) is 21.9. The lowest BCUT2D eigenvalue weighted by Crippen LogP contribution is -2.38. The molecule has 0 aliphatic heterocycles. The Labute approximate surface area is 184 Å². The maximum absolute atomic E-state index is 5.79. The fraction of sp³-hybridized carbons (Fsp3) is 0.375. The van der Waals surface area contributed by atoms with Crippen LogP contribution in [0.5, 0.6) is 5.75 Å². The van der Waals surface area contributed by atoms with E-state index in [4.69, 9.17) is 9.73 Å². The third kappa shape index (κ3) is 7.44. The Bertz CT molecular complexity index is 950. The number of aryl methyl sites for hydroxylation is 3. The molecule has 31 heavy (non-hydrogen) atoms. The van der Waals surface area contributed by atoms with Gasteiger partial charge in [0.2, 0.25) is 0 Å². The predicted molar refractivity (Wildman–Crippen MR) is 124 cm³/mol. The van der Waals surface area contributed by atoms with Crippen molar-refractivity contribution in [3.05, 3.63) is 77.4 Å². The molecule has 0 saturated carbocycles. The Kier molecular flexibility index (Phi) is 8.46. The molecule has 2 aromatic heterocycles. The van der Waals surface area contributed by atoms with E-state index in [1.165, 1.54) is 5.69 Å². The smallest absolute Gasteiger partial charge is 0.191 e. The average molecular weight is 421 g/mol. The van der Waals surface area contributed by atoms with Crippen molar-refractivity contribution in [2.24, 2.45) is 4.99 Å². The van der Waals surface area contributed by atoms with E-state index >= 15 is 0 Å². The van der Waals surface area contributed by atoms with Crippen molar-refractivity contribution in [1.29, 1.82) is 0 Å². The third-order valence-corrected chi connectivity index (χ3v) is 4.74. The first-order chi connectivity index (χ1) is 15.1. The van der Waals surface area contributed by atoms with Gasteiger partial charge in [-0.3, -0.25) is 9.67 Å². The molecule has 0 atom stereocenters. The SMILES string of the molecule is CCNC(=NCc1ccc(OCc2ccccn2)cc1)NCCCn1nc(C)cc1C. The van der Waals surface area contributed by atoms with Crippen LogP contribution in [0.3, 0.4) is 0 Å². The largest absolute Gasteiger partial charge is 0.487 e. The lowest BCUT2D eigenvalue weighted by Gasteiger charge is -2.12. The summed E-state index contributed by atoms with van der Waals surface area (Å²) in [5.41, 5.74) is 4.31. The second kappa shape index (κ2) is 11.7. The van der Waals surface area contributed by atoms with Crippen molar-refractivity contribution in [1.82, 2.24) is 25.4 Å². The molecule has 3 rings (SSSR count). The van der Waals surface area contributed by atoms with Gasteiger partial charge in [0.15, 0.2) is 5.96 Å².